The fraction of sp³-hybridized carbons (Fsp3) is 0.571. The molecule has 4 nitrogen and oxygen atoms in total. The van der Waals surface area contributed by atoms with E-state index in [1.165, 1.54) is 5.56 Å². The molecular weight excluding hydrogens is 228 g/mol. The number of carbonyl (C=O) groups is 1. The number of nitrogens with zero attached hydrogens (tertiary/aromatic N) is 1. The van der Waals surface area contributed by atoms with E-state index in [1.807, 2.05) is 26.1 Å². The Hall–Kier alpha value is -1.42. The number of pyridine rings is 1. The van der Waals surface area contributed by atoms with E-state index in [0.29, 0.717) is 12.5 Å². The fourth-order valence-electron chi connectivity index (χ4n) is 1.12. The molecule has 1 heterocycles. The van der Waals surface area contributed by atoms with Gasteiger partial charge in [0.25, 0.3) is 0 Å². The van der Waals surface area contributed by atoms with Crippen LogP contribution in [0.3, 0.4) is 0 Å². The molecule has 1 aromatic heterocycles. The average Bonchev–Trinajstić information content (AvgIpc) is 2.38. The lowest BCUT2D eigenvalue weighted by Gasteiger charge is -2.06. The summed E-state index contributed by atoms with van der Waals surface area (Å²) in [6.45, 7) is 7.58. The smallest absolute Gasteiger partial charge is 0.111 e. The third-order valence-electron chi connectivity index (χ3n) is 2.91. The summed E-state index contributed by atoms with van der Waals surface area (Å²) < 4.78 is 0. The number of aromatic nitrogens is 1. The van der Waals surface area contributed by atoms with Crippen LogP contribution in [0.4, 0.5) is 0 Å². The van der Waals surface area contributed by atoms with Gasteiger partial charge in [-0.3, -0.25) is 4.98 Å². The van der Waals surface area contributed by atoms with Crippen molar-refractivity contribution in [2.24, 2.45) is 5.92 Å². The van der Waals surface area contributed by atoms with Gasteiger partial charge < -0.3 is 15.6 Å². The molecule has 0 unspecified atom stereocenters. The Morgan fingerprint density at radius 1 is 1.39 bits per heavy atom. The number of hydrogen-bond donors (Lipinski definition) is 1. The number of aryl methyl sites for hydroxylation is 1. The minimum absolute atomic E-state index is 0.292. The molecule has 0 bridgehead atoms. The van der Waals surface area contributed by atoms with Crippen molar-refractivity contribution in [3.63, 3.8) is 0 Å². The predicted molar refractivity (Wildman–Crippen MR) is 69.4 cm³/mol. The summed E-state index contributed by atoms with van der Waals surface area (Å²) in [6.07, 6.45) is 3.64. The van der Waals surface area contributed by atoms with Crippen LogP contribution in [0.1, 0.15) is 50.9 Å². The van der Waals surface area contributed by atoms with Crippen LogP contribution in [0.25, 0.3) is 0 Å². The van der Waals surface area contributed by atoms with Crippen molar-refractivity contribution in [1.82, 2.24) is 4.98 Å². The van der Waals surface area contributed by atoms with Crippen LogP contribution in [0, 0.1) is 12.8 Å². The molecule has 0 aliphatic rings. The van der Waals surface area contributed by atoms with E-state index in [4.69, 9.17) is 0 Å². The second-order valence-corrected chi connectivity index (χ2v) is 4.47. The summed E-state index contributed by atoms with van der Waals surface area (Å²) in [6, 6.07) is 4.52. The lowest BCUT2D eigenvalue weighted by Crippen LogP contribution is -2.53. The average molecular weight is 252 g/mol. The van der Waals surface area contributed by atoms with Crippen LogP contribution in [0.5, 0.6) is 0 Å². The van der Waals surface area contributed by atoms with Crippen molar-refractivity contribution in [2.45, 2.75) is 46.6 Å². The maximum atomic E-state index is 9.82. The Bertz CT molecular complexity index is 349. The van der Waals surface area contributed by atoms with Gasteiger partial charge in [-0.2, -0.15) is 0 Å². The molecule has 0 spiro atoms. The summed E-state index contributed by atoms with van der Waals surface area (Å²) in [5, 5.41) is 9.82. The third-order valence-corrected chi connectivity index (χ3v) is 2.91. The van der Waals surface area contributed by atoms with Crippen molar-refractivity contribution in [2.75, 3.05) is 0 Å². The molecule has 18 heavy (non-hydrogen) atoms. The maximum Gasteiger partial charge on any atom is 0.111 e. The molecule has 0 aliphatic heterocycles. The molecule has 0 fully saturated rings. The van der Waals surface area contributed by atoms with Gasteiger partial charge in [-0.1, -0.05) is 20.8 Å². The van der Waals surface area contributed by atoms with Crippen molar-refractivity contribution in [3.8, 4) is 0 Å². The SMILES string of the molecule is CC[C@H](C)C(=O)[O-].CC[C@H]([NH3+])c1ccc(C)nc1. The van der Waals surface area contributed by atoms with E-state index < -0.39 is 5.97 Å². The fourth-order valence-corrected chi connectivity index (χ4v) is 1.12. The second-order valence-electron chi connectivity index (χ2n) is 4.47. The van der Waals surface area contributed by atoms with Gasteiger partial charge in [0, 0.05) is 29.8 Å². The first kappa shape index (κ1) is 16.6. The molecule has 0 radical (unpaired) electrons. The predicted octanol–water partition coefficient (Wildman–Crippen LogP) is 0.865. The van der Waals surface area contributed by atoms with E-state index in [1.54, 1.807) is 6.92 Å². The van der Waals surface area contributed by atoms with Gasteiger partial charge in [0.05, 0.1) is 0 Å². The van der Waals surface area contributed by atoms with Gasteiger partial charge in [0.2, 0.25) is 0 Å². The standard InChI is InChI=1S/C9H14N2.C5H10O2/c1-3-9(10)8-5-4-7(2)11-6-8;1-3-4(2)5(6)7/h4-6,9H,3,10H2,1-2H3;4H,3H2,1-2H3,(H,6,7)/t9-;4-/m00/s1. The summed E-state index contributed by atoms with van der Waals surface area (Å²) in [5.74, 6) is -1.25. The largest absolute Gasteiger partial charge is 0.550 e. The van der Waals surface area contributed by atoms with Gasteiger partial charge in [-0.25, -0.2) is 0 Å². The Balaban J connectivity index is 0.000000360. The minimum atomic E-state index is -0.956. The zero-order chi connectivity index (χ0) is 14.1. The molecule has 3 N–H and O–H groups in total. The molecule has 2 atom stereocenters. The first-order valence-corrected chi connectivity index (χ1v) is 6.38. The number of carboxylic acid groups (broad SMARTS) is 1. The number of carbonyl (C=O) groups excluding carboxylic acids is 1. The Labute approximate surface area is 109 Å². The number of quaternary nitrogens is 1. The Morgan fingerprint density at radius 2 is 2.00 bits per heavy atom. The second kappa shape index (κ2) is 8.64. The lowest BCUT2D eigenvalue weighted by atomic mass is 10.1. The Kier molecular flexibility index (Phi) is 7.96. The molecule has 1 aromatic rings. The first-order chi connectivity index (χ1) is 8.42. The number of hydrogen-bond acceptors (Lipinski definition) is 3. The summed E-state index contributed by atoms with van der Waals surface area (Å²) in [7, 11) is 0. The van der Waals surface area contributed by atoms with Gasteiger partial charge >= 0.3 is 0 Å². The van der Waals surface area contributed by atoms with Crippen LogP contribution < -0.4 is 10.8 Å². The molecule has 4 heteroatoms. The number of rotatable bonds is 4. The van der Waals surface area contributed by atoms with E-state index >= 15 is 0 Å². The number of carboxylic acids is 1. The van der Waals surface area contributed by atoms with Gasteiger partial charge in [-0.15, -0.1) is 0 Å². The molecule has 0 amide bonds. The normalized spacial score (nSPS) is 13.2. The maximum absolute atomic E-state index is 9.82. The van der Waals surface area contributed by atoms with Gasteiger partial charge in [0.15, 0.2) is 0 Å². The zero-order valence-electron chi connectivity index (χ0n) is 11.8. The molecule has 0 saturated heterocycles. The highest BCUT2D eigenvalue weighted by atomic mass is 16.4. The molecule has 0 saturated carbocycles. The zero-order valence-corrected chi connectivity index (χ0v) is 11.8. The highest BCUT2D eigenvalue weighted by Gasteiger charge is 2.05. The monoisotopic (exact) mass is 252 g/mol. The van der Waals surface area contributed by atoms with E-state index in [0.717, 1.165) is 12.1 Å². The van der Waals surface area contributed by atoms with E-state index in [9.17, 15) is 9.90 Å². The van der Waals surface area contributed by atoms with Crippen molar-refractivity contribution in [1.29, 1.82) is 0 Å². The Morgan fingerprint density at radius 3 is 2.28 bits per heavy atom. The first-order valence-electron chi connectivity index (χ1n) is 6.38. The molecule has 0 aliphatic carbocycles. The van der Waals surface area contributed by atoms with Crippen LogP contribution in [-0.2, 0) is 4.79 Å². The molecule has 0 aromatic carbocycles. The van der Waals surface area contributed by atoms with Crippen molar-refractivity contribution < 1.29 is 15.6 Å². The van der Waals surface area contributed by atoms with Gasteiger partial charge in [0.1, 0.15) is 6.04 Å². The third kappa shape index (κ3) is 6.35. The van der Waals surface area contributed by atoms with E-state index in [2.05, 4.69) is 23.7 Å². The molecule has 102 valence electrons. The topological polar surface area (TPSA) is 80.7 Å². The van der Waals surface area contributed by atoms with Crippen LogP contribution >= 0.6 is 0 Å². The molecular formula is C14H24N2O2. The van der Waals surface area contributed by atoms with Crippen molar-refractivity contribution in [3.05, 3.63) is 29.6 Å². The number of aliphatic carboxylic acids is 1. The van der Waals surface area contributed by atoms with Crippen LogP contribution in [-0.4, -0.2) is 11.0 Å². The minimum Gasteiger partial charge on any atom is -0.550 e. The van der Waals surface area contributed by atoms with E-state index in [-0.39, 0.29) is 5.92 Å². The summed E-state index contributed by atoms with van der Waals surface area (Å²) in [5.41, 5.74) is 6.32. The quantitative estimate of drug-likeness (QED) is 0.863. The molecule has 1 rings (SSSR count). The highest BCUT2D eigenvalue weighted by molar-refractivity contribution is 5.66. The summed E-state index contributed by atoms with van der Waals surface area (Å²) >= 11 is 0. The van der Waals surface area contributed by atoms with Gasteiger partial charge in [-0.05, 0) is 31.4 Å². The van der Waals surface area contributed by atoms with Crippen molar-refractivity contribution >= 4 is 5.97 Å². The summed E-state index contributed by atoms with van der Waals surface area (Å²) in [4.78, 5) is 14.0. The van der Waals surface area contributed by atoms with Crippen LogP contribution in [0.15, 0.2) is 18.3 Å². The lowest BCUT2D eigenvalue weighted by molar-refractivity contribution is -0.427. The van der Waals surface area contributed by atoms with Crippen LogP contribution in [0.2, 0.25) is 0 Å². The highest BCUT2D eigenvalue weighted by Crippen LogP contribution is 2.09.